The molecule has 130 valence electrons. The normalized spacial score (nSPS) is 14.3. The number of hydrogen-bond donors (Lipinski definition) is 2. The Kier molecular flexibility index (Phi) is 5.66. The maximum atomic E-state index is 12.3. The van der Waals surface area contributed by atoms with Crippen LogP contribution in [0.2, 0.25) is 5.02 Å². The molecule has 1 aromatic carbocycles. The molecule has 25 heavy (non-hydrogen) atoms. The summed E-state index contributed by atoms with van der Waals surface area (Å²) in [6.45, 7) is 0.304. The summed E-state index contributed by atoms with van der Waals surface area (Å²) >= 11 is 6.08. The van der Waals surface area contributed by atoms with Gasteiger partial charge in [-0.15, -0.1) is 0 Å². The molecule has 2 N–H and O–H groups in total. The number of rotatable bonds is 5. The van der Waals surface area contributed by atoms with Crippen molar-refractivity contribution < 1.29 is 9.59 Å². The second-order valence-corrected chi connectivity index (χ2v) is 6.57. The highest BCUT2D eigenvalue weighted by Crippen LogP contribution is 2.18. The van der Waals surface area contributed by atoms with Crippen LogP contribution < -0.4 is 10.6 Å². The predicted molar refractivity (Wildman–Crippen MR) is 96.6 cm³/mol. The first kappa shape index (κ1) is 17.4. The lowest BCUT2D eigenvalue weighted by Gasteiger charge is -2.12. The number of carbonyl (C=O) groups excluding carboxylic acids is 2. The first-order chi connectivity index (χ1) is 12.1. The first-order valence-electron chi connectivity index (χ1n) is 8.42. The Hall–Kier alpha value is -2.40. The Morgan fingerprint density at radius 2 is 1.88 bits per heavy atom. The van der Waals surface area contributed by atoms with Gasteiger partial charge in [-0.2, -0.15) is 0 Å². The van der Waals surface area contributed by atoms with Crippen LogP contribution in [0.5, 0.6) is 0 Å². The monoisotopic (exact) mass is 357 g/mol. The molecule has 1 saturated carbocycles. The molecule has 0 saturated heterocycles. The number of aromatic nitrogens is 1. The van der Waals surface area contributed by atoms with E-state index in [-0.39, 0.29) is 23.6 Å². The number of benzene rings is 1. The van der Waals surface area contributed by atoms with Gasteiger partial charge in [-0.1, -0.05) is 42.6 Å². The van der Waals surface area contributed by atoms with E-state index in [9.17, 15) is 9.59 Å². The Morgan fingerprint density at radius 1 is 1.12 bits per heavy atom. The van der Waals surface area contributed by atoms with E-state index in [2.05, 4.69) is 15.6 Å². The highest BCUT2D eigenvalue weighted by atomic mass is 35.5. The molecule has 1 heterocycles. The van der Waals surface area contributed by atoms with Gasteiger partial charge < -0.3 is 10.6 Å². The molecule has 1 aliphatic rings. The summed E-state index contributed by atoms with van der Waals surface area (Å²) in [6, 6.07) is 10.7. The predicted octanol–water partition coefficient (Wildman–Crippen LogP) is 3.34. The molecule has 6 heteroatoms. The van der Waals surface area contributed by atoms with Gasteiger partial charge in [0.15, 0.2) is 0 Å². The van der Waals surface area contributed by atoms with Crippen molar-refractivity contribution in [1.82, 2.24) is 15.6 Å². The van der Waals surface area contributed by atoms with Gasteiger partial charge in [0, 0.05) is 29.4 Å². The lowest BCUT2D eigenvalue weighted by Crippen LogP contribution is -2.33. The lowest BCUT2D eigenvalue weighted by molar-refractivity contribution is 0.0937. The third kappa shape index (κ3) is 4.57. The third-order valence-electron chi connectivity index (χ3n) is 4.34. The van der Waals surface area contributed by atoms with E-state index in [4.69, 9.17) is 11.6 Å². The average Bonchev–Trinajstić information content (AvgIpc) is 3.14. The van der Waals surface area contributed by atoms with Crippen molar-refractivity contribution in [3.63, 3.8) is 0 Å². The molecule has 0 bridgehead atoms. The summed E-state index contributed by atoms with van der Waals surface area (Å²) in [5.41, 5.74) is 1.49. The van der Waals surface area contributed by atoms with Crippen LogP contribution in [0.25, 0.3) is 0 Å². The van der Waals surface area contributed by atoms with E-state index in [0.29, 0.717) is 17.1 Å². The fourth-order valence-corrected chi connectivity index (χ4v) is 3.15. The van der Waals surface area contributed by atoms with Gasteiger partial charge in [-0.3, -0.25) is 14.6 Å². The van der Waals surface area contributed by atoms with Gasteiger partial charge in [0.05, 0.1) is 0 Å². The topological polar surface area (TPSA) is 71.1 Å². The molecule has 1 aliphatic carbocycles. The van der Waals surface area contributed by atoms with E-state index in [0.717, 1.165) is 31.2 Å². The quantitative estimate of drug-likeness (QED) is 0.862. The first-order valence-corrected chi connectivity index (χ1v) is 8.80. The van der Waals surface area contributed by atoms with Crippen LogP contribution in [0, 0.1) is 0 Å². The molecular weight excluding hydrogens is 338 g/mol. The van der Waals surface area contributed by atoms with Crippen molar-refractivity contribution in [2.45, 2.75) is 38.3 Å². The maximum Gasteiger partial charge on any atom is 0.270 e. The lowest BCUT2D eigenvalue weighted by atomic mass is 10.1. The van der Waals surface area contributed by atoms with Gasteiger partial charge in [0.2, 0.25) is 0 Å². The zero-order chi connectivity index (χ0) is 17.6. The molecule has 2 aromatic rings. The van der Waals surface area contributed by atoms with E-state index < -0.39 is 0 Å². The molecule has 1 fully saturated rings. The van der Waals surface area contributed by atoms with E-state index in [1.165, 1.54) is 12.3 Å². The third-order valence-corrected chi connectivity index (χ3v) is 4.71. The summed E-state index contributed by atoms with van der Waals surface area (Å²) in [4.78, 5) is 28.7. The molecule has 0 spiro atoms. The van der Waals surface area contributed by atoms with Crippen LogP contribution in [0.15, 0.2) is 42.6 Å². The number of amides is 2. The smallest absolute Gasteiger partial charge is 0.270 e. The Labute approximate surface area is 151 Å². The summed E-state index contributed by atoms with van der Waals surface area (Å²) in [5, 5.41) is 6.39. The highest BCUT2D eigenvalue weighted by molar-refractivity contribution is 6.31. The zero-order valence-corrected chi connectivity index (χ0v) is 14.6. The van der Waals surface area contributed by atoms with Gasteiger partial charge in [0.25, 0.3) is 11.8 Å². The van der Waals surface area contributed by atoms with Gasteiger partial charge in [-0.25, -0.2) is 0 Å². The van der Waals surface area contributed by atoms with Crippen LogP contribution in [0.3, 0.4) is 0 Å². The summed E-state index contributed by atoms with van der Waals surface area (Å²) in [6.07, 6.45) is 5.81. The number of nitrogens with one attached hydrogen (secondary N) is 2. The summed E-state index contributed by atoms with van der Waals surface area (Å²) in [5.74, 6) is -0.495. The van der Waals surface area contributed by atoms with Crippen LogP contribution in [0.1, 0.15) is 52.1 Å². The Balaban J connectivity index is 1.63. The molecule has 5 nitrogen and oxygen atoms in total. The highest BCUT2D eigenvalue weighted by Gasteiger charge is 2.19. The number of pyridine rings is 1. The largest absolute Gasteiger partial charge is 0.349 e. The van der Waals surface area contributed by atoms with Crippen molar-refractivity contribution in [1.29, 1.82) is 0 Å². The fourth-order valence-electron chi connectivity index (χ4n) is 2.94. The molecule has 0 atom stereocenters. The van der Waals surface area contributed by atoms with Crippen LogP contribution >= 0.6 is 11.6 Å². The van der Waals surface area contributed by atoms with E-state index >= 15 is 0 Å². The van der Waals surface area contributed by atoms with Gasteiger partial charge in [-0.05, 0) is 36.6 Å². The maximum absolute atomic E-state index is 12.3. The molecule has 1 aromatic heterocycles. The van der Waals surface area contributed by atoms with Gasteiger partial charge in [0.1, 0.15) is 5.69 Å². The van der Waals surface area contributed by atoms with Crippen molar-refractivity contribution in [2.24, 2.45) is 0 Å². The zero-order valence-electron chi connectivity index (χ0n) is 13.8. The Morgan fingerprint density at radius 3 is 2.64 bits per heavy atom. The van der Waals surface area contributed by atoms with Crippen LogP contribution in [-0.2, 0) is 6.54 Å². The second-order valence-electron chi connectivity index (χ2n) is 6.16. The molecule has 0 radical (unpaired) electrons. The van der Waals surface area contributed by atoms with Crippen LogP contribution in [-0.4, -0.2) is 22.8 Å². The molecule has 2 amide bonds. The van der Waals surface area contributed by atoms with Crippen molar-refractivity contribution in [3.05, 3.63) is 64.4 Å². The summed E-state index contributed by atoms with van der Waals surface area (Å²) in [7, 11) is 0. The number of carbonyl (C=O) groups is 2. The molecule has 0 unspecified atom stereocenters. The van der Waals surface area contributed by atoms with Crippen molar-refractivity contribution >= 4 is 23.4 Å². The second kappa shape index (κ2) is 8.12. The van der Waals surface area contributed by atoms with Crippen molar-refractivity contribution in [2.75, 3.05) is 0 Å². The van der Waals surface area contributed by atoms with Gasteiger partial charge >= 0.3 is 0 Å². The molecule has 0 aliphatic heterocycles. The molecular formula is C19H20ClN3O2. The molecule has 3 rings (SSSR count). The minimum Gasteiger partial charge on any atom is -0.349 e. The number of halogens is 1. The SMILES string of the molecule is O=C(NC1CCCC1)c1ccnc(C(=O)NCc2ccccc2Cl)c1. The number of nitrogens with zero attached hydrogens (tertiary/aromatic N) is 1. The van der Waals surface area contributed by atoms with E-state index in [1.54, 1.807) is 12.1 Å². The summed E-state index contributed by atoms with van der Waals surface area (Å²) < 4.78 is 0. The minimum atomic E-state index is -0.338. The standard InChI is InChI=1S/C19H20ClN3O2/c20-16-8-4-1-5-14(16)12-22-19(25)17-11-13(9-10-21-17)18(24)23-15-6-2-3-7-15/h1,4-5,8-11,15H,2-3,6-7,12H2,(H,22,25)(H,23,24). The minimum absolute atomic E-state index is 0.158. The number of hydrogen-bond acceptors (Lipinski definition) is 3. The van der Waals surface area contributed by atoms with Crippen LogP contribution in [0.4, 0.5) is 0 Å². The fraction of sp³-hybridized carbons (Fsp3) is 0.316. The average molecular weight is 358 g/mol. The van der Waals surface area contributed by atoms with E-state index in [1.807, 2.05) is 18.2 Å². The van der Waals surface area contributed by atoms with Crippen molar-refractivity contribution in [3.8, 4) is 0 Å². The Bertz CT molecular complexity index is 773.